The molecule has 3 aliphatic heterocycles. The molecule has 6 atom stereocenters. The summed E-state index contributed by atoms with van der Waals surface area (Å²) in [5.74, 6) is -0.110. The van der Waals surface area contributed by atoms with Gasteiger partial charge < -0.3 is 24.3 Å². The fourth-order valence-corrected chi connectivity index (χ4v) is 12.5. The van der Waals surface area contributed by atoms with Crippen molar-refractivity contribution in [1.82, 2.24) is 19.8 Å². The van der Waals surface area contributed by atoms with Gasteiger partial charge in [-0.15, -0.1) is 0 Å². The van der Waals surface area contributed by atoms with E-state index in [1.807, 2.05) is 43.7 Å². The molecule has 1 aromatic heterocycles. The third-order valence-electron chi connectivity index (χ3n) is 16.4. The molecule has 6 aliphatic rings. The maximum Gasteiger partial charge on any atom is 0.306 e. The number of aromatic amines is 1. The summed E-state index contributed by atoms with van der Waals surface area (Å²) in [6.45, 7) is 8.70. The van der Waals surface area contributed by atoms with Crippen molar-refractivity contribution in [3.63, 3.8) is 0 Å². The normalized spacial score (nSPS) is 23.6. The van der Waals surface area contributed by atoms with Gasteiger partial charge in [0, 0.05) is 30.9 Å². The van der Waals surface area contributed by atoms with Crippen molar-refractivity contribution >= 4 is 46.1 Å². The number of amides is 2. The molecule has 2 unspecified atom stereocenters. The molecule has 4 heterocycles. The number of hydrogen-bond donors (Lipinski definition) is 1. The van der Waals surface area contributed by atoms with Crippen molar-refractivity contribution in [2.45, 2.75) is 129 Å². The Balaban J connectivity index is 0.881. The Bertz CT molecular complexity index is 2630. The molecule has 10 rings (SSSR count). The van der Waals surface area contributed by atoms with E-state index in [0.717, 1.165) is 72.2 Å². The van der Waals surface area contributed by atoms with Crippen LogP contribution >= 0.6 is 0 Å². The maximum absolute atomic E-state index is 14.1. The highest BCUT2D eigenvalue weighted by Gasteiger charge is 2.56. The highest BCUT2D eigenvalue weighted by atomic mass is 16.5. The van der Waals surface area contributed by atoms with E-state index in [-0.39, 0.29) is 66.6 Å². The number of imidazole rings is 1. The summed E-state index contributed by atoms with van der Waals surface area (Å²) in [5.41, 5.74) is 13.5. The van der Waals surface area contributed by atoms with Crippen molar-refractivity contribution in [1.29, 1.82) is 0 Å². The van der Waals surface area contributed by atoms with Crippen LogP contribution in [-0.4, -0.2) is 82.1 Å². The minimum Gasteiger partial charge on any atom is -0.469 e. The molecule has 2 amide bonds. The third-order valence-corrected chi connectivity index (χ3v) is 16.4. The standard InChI is InChI=1S/C55H65N5O6/c1-31(2)40(26-50(61)65-5)53(63)59-21-9-10-47(59)46-23-37(30-56-46)33-11-13-34(14-12-33)38-16-17-39(43-29-55(28-42(38)43)19-7-8-20-55)35-15-18-44-45(22-35)58-52(57-44)49-25-36-24-48(36)60(49)54(64)41(32(3)4)27-51(62)66-6/h11-18,22,30-32,36,40-41,47-49H,7-10,19-21,23-29H2,1-6H3,(H,57,58)/t36?,40-,41-,47-,48?,49-/m0/s1. The Morgan fingerprint density at radius 1 is 0.758 bits per heavy atom. The molecule has 0 radical (unpaired) electrons. The number of nitrogens with one attached hydrogen (secondary N) is 1. The first-order valence-corrected chi connectivity index (χ1v) is 24.6. The average molecular weight is 892 g/mol. The third kappa shape index (κ3) is 8.08. The number of hydrogen-bond acceptors (Lipinski definition) is 8. The number of piperidine rings is 1. The van der Waals surface area contributed by atoms with E-state index in [2.05, 4.69) is 59.6 Å². The van der Waals surface area contributed by atoms with Crippen LogP contribution in [0.5, 0.6) is 0 Å². The monoisotopic (exact) mass is 891 g/mol. The highest BCUT2D eigenvalue weighted by molar-refractivity contribution is 6.03. The van der Waals surface area contributed by atoms with Gasteiger partial charge in [-0.05, 0) is 131 Å². The first kappa shape index (κ1) is 44.3. The molecule has 11 heteroatoms. The van der Waals surface area contributed by atoms with Crippen LogP contribution in [0.1, 0.15) is 127 Å². The van der Waals surface area contributed by atoms with Gasteiger partial charge in [-0.25, -0.2) is 4.98 Å². The summed E-state index contributed by atoms with van der Waals surface area (Å²) < 4.78 is 9.91. The quantitative estimate of drug-likeness (QED) is 0.132. The lowest BCUT2D eigenvalue weighted by molar-refractivity contribution is -0.149. The molecule has 4 fully saturated rings. The predicted molar refractivity (Wildman–Crippen MR) is 256 cm³/mol. The topological polar surface area (TPSA) is 134 Å². The van der Waals surface area contributed by atoms with E-state index in [1.165, 1.54) is 73.3 Å². The van der Waals surface area contributed by atoms with Crippen LogP contribution in [-0.2, 0) is 41.5 Å². The predicted octanol–water partition coefficient (Wildman–Crippen LogP) is 10.1. The van der Waals surface area contributed by atoms with E-state index in [1.54, 1.807) is 0 Å². The number of benzene rings is 3. The Morgan fingerprint density at radius 3 is 2.03 bits per heavy atom. The zero-order chi connectivity index (χ0) is 46.0. The van der Waals surface area contributed by atoms with Gasteiger partial charge in [-0.2, -0.15) is 0 Å². The van der Waals surface area contributed by atoms with E-state index >= 15 is 0 Å². The molecule has 11 nitrogen and oxygen atoms in total. The number of esters is 2. The summed E-state index contributed by atoms with van der Waals surface area (Å²) in [6.07, 6.45) is 13.9. The van der Waals surface area contributed by atoms with Gasteiger partial charge in [0.25, 0.3) is 0 Å². The fraction of sp³-hybridized carbons (Fsp3) is 0.527. The molecule has 66 heavy (non-hydrogen) atoms. The minimum atomic E-state index is -0.424. The Morgan fingerprint density at radius 2 is 1.38 bits per heavy atom. The smallest absolute Gasteiger partial charge is 0.306 e. The highest BCUT2D eigenvalue weighted by Crippen LogP contribution is 2.55. The van der Waals surface area contributed by atoms with Crippen LogP contribution in [0.25, 0.3) is 38.9 Å². The van der Waals surface area contributed by atoms with Crippen molar-refractivity contribution < 1.29 is 28.7 Å². The SMILES string of the molecule is COC(=O)C[C@H](C(=O)N1CCC[C@H]1C1=NC=C(c2ccc(-c3ccc(-c4ccc5nc([C@@H]6CC7CC7N6C(=O)[C@@H](CC(=O)OC)C(C)C)[nH]c5c4)c4c3CC3(CCCC3)C4)cc2)C1)C(C)C. The lowest BCUT2D eigenvalue weighted by Gasteiger charge is -2.31. The van der Waals surface area contributed by atoms with Crippen LogP contribution in [0, 0.1) is 35.0 Å². The molecule has 346 valence electrons. The zero-order valence-corrected chi connectivity index (χ0v) is 39.5. The number of nitrogens with zero attached hydrogens (tertiary/aromatic N) is 4. The molecule has 1 spiro atoms. The first-order valence-electron chi connectivity index (χ1n) is 24.6. The van der Waals surface area contributed by atoms with Gasteiger partial charge >= 0.3 is 11.9 Å². The number of aromatic nitrogens is 2. The van der Waals surface area contributed by atoms with Crippen LogP contribution in [0.3, 0.4) is 0 Å². The Hall–Kier alpha value is -5.58. The van der Waals surface area contributed by atoms with Gasteiger partial charge in [0.15, 0.2) is 0 Å². The number of aliphatic imine (C=N–C) groups is 1. The van der Waals surface area contributed by atoms with Crippen LogP contribution < -0.4 is 0 Å². The second kappa shape index (κ2) is 17.6. The van der Waals surface area contributed by atoms with Crippen molar-refractivity contribution in [2.75, 3.05) is 20.8 Å². The maximum atomic E-state index is 14.1. The number of ether oxygens (including phenoxy) is 2. The molecule has 3 aliphatic carbocycles. The number of likely N-dealkylation sites (tertiary alicyclic amines) is 2. The molecular formula is C55H65N5O6. The molecule has 1 N–H and O–H groups in total. The van der Waals surface area contributed by atoms with Crippen molar-refractivity contribution in [3.8, 4) is 22.3 Å². The van der Waals surface area contributed by atoms with E-state index in [0.29, 0.717) is 24.3 Å². The van der Waals surface area contributed by atoms with Gasteiger partial charge in [0.1, 0.15) is 5.82 Å². The van der Waals surface area contributed by atoms with E-state index < -0.39 is 11.8 Å². The van der Waals surface area contributed by atoms with Crippen molar-refractivity contribution in [3.05, 3.63) is 83.3 Å². The van der Waals surface area contributed by atoms with Gasteiger partial charge in [-0.1, -0.05) is 83.0 Å². The number of carbonyl (C=O) groups is 4. The fourth-order valence-electron chi connectivity index (χ4n) is 12.5. The zero-order valence-electron chi connectivity index (χ0n) is 39.5. The lowest BCUT2D eigenvalue weighted by atomic mass is 9.82. The van der Waals surface area contributed by atoms with Gasteiger partial charge in [0.2, 0.25) is 11.8 Å². The number of allylic oxidation sites excluding steroid dienone is 1. The van der Waals surface area contributed by atoms with Crippen molar-refractivity contribution in [2.24, 2.45) is 40.0 Å². The molecule has 4 aromatic rings. The summed E-state index contributed by atoms with van der Waals surface area (Å²) in [4.78, 5) is 70.2. The number of carbonyl (C=O) groups excluding carboxylic acids is 4. The Kier molecular flexibility index (Phi) is 11.8. The molecule has 0 bridgehead atoms. The molecule has 2 saturated heterocycles. The first-order chi connectivity index (χ1) is 31.8. The number of H-pyrrole nitrogens is 1. The van der Waals surface area contributed by atoms with E-state index in [9.17, 15) is 19.2 Å². The summed E-state index contributed by atoms with van der Waals surface area (Å²) in [7, 11) is 2.76. The molecule has 3 aromatic carbocycles. The average Bonchev–Trinajstić information content (AvgIpc) is 4.06. The lowest BCUT2D eigenvalue weighted by Crippen LogP contribution is -2.45. The van der Waals surface area contributed by atoms with E-state index in [4.69, 9.17) is 19.5 Å². The largest absolute Gasteiger partial charge is 0.469 e. The van der Waals surface area contributed by atoms with Crippen LogP contribution in [0.15, 0.2) is 65.8 Å². The summed E-state index contributed by atoms with van der Waals surface area (Å²) >= 11 is 0. The molecular weight excluding hydrogens is 827 g/mol. The summed E-state index contributed by atoms with van der Waals surface area (Å²) in [6, 6.07) is 20.3. The minimum absolute atomic E-state index is 0.0162. The van der Waals surface area contributed by atoms with Gasteiger partial charge in [-0.3, -0.25) is 24.2 Å². The Labute approximate surface area is 388 Å². The summed E-state index contributed by atoms with van der Waals surface area (Å²) in [5, 5.41) is 0. The number of methoxy groups -OCH3 is 2. The number of fused-ring (bicyclic) bond motifs is 3. The second-order valence-electron chi connectivity index (χ2n) is 21.1. The van der Waals surface area contributed by atoms with Gasteiger partial charge in [0.05, 0.1) is 62.0 Å². The number of rotatable bonds is 13. The van der Waals surface area contributed by atoms with Crippen LogP contribution in [0.4, 0.5) is 0 Å². The van der Waals surface area contributed by atoms with Crippen LogP contribution in [0.2, 0.25) is 0 Å². The molecule has 2 saturated carbocycles. The second-order valence-corrected chi connectivity index (χ2v) is 21.1.